The van der Waals surface area contributed by atoms with Gasteiger partial charge in [-0.25, -0.2) is 4.98 Å². The summed E-state index contributed by atoms with van der Waals surface area (Å²) in [6, 6.07) is 7.95. The number of aryl methyl sites for hydroxylation is 1. The zero-order chi connectivity index (χ0) is 20.1. The van der Waals surface area contributed by atoms with Gasteiger partial charge in [-0.15, -0.1) is 0 Å². The molecule has 7 nitrogen and oxygen atoms in total. The number of hydrogen-bond donors (Lipinski definition) is 1. The van der Waals surface area contributed by atoms with Crippen molar-refractivity contribution in [3.05, 3.63) is 51.9 Å². The summed E-state index contributed by atoms with van der Waals surface area (Å²) in [7, 11) is 1.60. The van der Waals surface area contributed by atoms with Gasteiger partial charge in [-0.3, -0.25) is 9.48 Å². The number of aromatic nitrogens is 4. The zero-order valence-corrected chi connectivity index (χ0v) is 16.7. The van der Waals surface area contributed by atoms with Crippen molar-refractivity contribution in [2.45, 2.75) is 26.3 Å². The molecule has 4 aromatic rings. The van der Waals surface area contributed by atoms with Crippen molar-refractivity contribution in [1.29, 1.82) is 0 Å². The van der Waals surface area contributed by atoms with Crippen molar-refractivity contribution in [2.24, 2.45) is 0 Å². The predicted octanol–water partition coefficient (Wildman–Crippen LogP) is 3.53. The van der Waals surface area contributed by atoms with Crippen LogP contribution in [0.3, 0.4) is 0 Å². The van der Waals surface area contributed by atoms with E-state index in [4.69, 9.17) is 14.6 Å². The third-order valence-electron chi connectivity index (χ3n) is 5.72. The van der Waals surface area contributed by atoms with Crippen molar-refractivity contribution in [1.82, 2.24) is 19.7 Å². The molecule has 5 rings (SSSR count). The first-order valence-corrected chi connectivity index (χ1v) is 9.71. The summed E-state index contributed by atoms with van der Waals surface area (Å²) >= 11 is 0. The number of rotatable bonds is 3. The van der Waals surface area contributed by atoms with Gasteiger partial charge in [0.15, 0.2) is 0 Å². The number of ether oxygens (including phenoxy) is 2. The second-order valence-corrected chi connectivity index (χ2v) is 7.48. The second kappa shape index (κ2) is 6.70. The first-order chi connectivity index (χ1) is 14.1. The lowest BCUT2D eigenvalue weighted by molar-refractivity contribution is 0.185. The van der Waals surface area contributed by atoms with Gasteiger partial charge in [-0.1, -0.05) is 18.2 Å². The third-order valence-corrected chi connectivity index (χ3v) is 5.72. The smallest absolute Gasteiger partial charge is 0.260 e. The highest BCUT2D eigenvalue weighted by Gasteiger charge is 2.27. The molecule has 0 spiro atoms. The fourth-order valence-electron chi connectivity index (χ4n) is 4.33. The monoisotopic (exact) mass is 390 g/mol. The second-order valence-electron chi connectivity index (χ2n) is 7.48. The van der Waals surface area contributed by atoms with Crippen LogP contribution in [0.4, 0.5) is 0 Å². The van der Waals surface area contributed by atoms with E-state index < -0.39 is 0 Å². The van der Waals surface area contributed by atoms with Crippen LogP contribution in [0.25, 0.3) is 33.1 Å². The largest absolute Gasteiger partial charge is 0.481 e. The number of pyridine rings is 2. The maximum absolute atomic E-state index is 13.2. The molecule has 1 N–H and O–H groups in total. The van der Waals surface area contributed by atoms with Crippen LogP contribution in [0.5, 0.6) is 5.88 Å². The number of benzene rings is 1. The molecule has 148 valence electrons. The molecule has 1 aliphatic heterocycles. The fraction of sp³-hybridized carbons (Fsp3) is 0.318. The number of para-hydroxylation sites is 1. The Kier molecular flexibility index (Phi) is 4.13. The Labute approximate surface area is 167 Å². The molecular formula is C22H22N4O3. The normalized spacial score (nSPS) is 16.7. The minimum absolute atomic E-state index is 0.0980. The van der Waals surface area contributed by atoms with E-state index in [1.165, 1.54) is 0 Å². The van der Waals surface area contributed by atoms with Gasteiger partial charge >= 0.3 is 0 Å². The van der Waals surface area contributed by atoms with Crippen LogP contribution in [0.15, 0.2) is 35.3 Å². The molecule has 3 aromatic heterocycles. The van der Waals surface area contributed by atoms with Gasteiger partial charge < -0.3 is 14.5 Å². The molecule has 0 saturated carbocycles. The Bertz CT molecular complexity index is 1300. The molecule has 0 amide bonds. The Morgan fingerprint density at radius 2 is 2.10 bits per heavy atom. The lowest BCUT2D eigenvalue weighted by Gasteiger charge is -2.12. The van der Waals surface area contributed by atoms with Crippen LogP contribution in [0.2, 0.25) is 0 Å². The van der Waals surface area contributed by atoms with Gasteiger partial charge in [-0.2, -0.15) is 5.10 Å². The van der Waals surface area contributed by atoms with Crippen molar-refractivity contribution in [2.75, 3.05) is 20.3 Å². The van der Waals surface area contributed by atoms with Crippen molar-refractivity contribution in [3.63, 3.8) is 0 Å². The number of methoxy groups -OCH3 is 1. The van der Waals surface area contributed by atoms with Crippen LogP contribution in [-0.2, 0) is 4.74 Å². The number of nitrogens with one attached hydrogen (secondary N) is 1. The number of H-pyrrole nitrogens is 1. The summed E-state index contributed by atoms with van der Waals surface area (Å²) < 4.78 is 13.0. The molecule has 4 heterocycles. The molecular weight excluding hydrogens is 368 g/mol. The van der Waals surface area contributed by atoms with Gasteiger partial charge in [-0.05, 0) is 31.9 Å². The summed E-state index contributed by atoms with van der Waals surface area (Å²) in [6.45, 7) is 5.22. The fourth-order valence-corrected chi connectivity index (χ4v) is 4.33. The van der Waals surface area contributed by atoms with Gasteiger partial charge in [0.05, 0.1) is 36.2 Å². The van der Waals surface area contributed by atoms with E-state index in [-0.39, 0.29) is 11.6 Å². The number of fused-ring (bicyclic) bond motifs is 3. The van der Waals surface area contributed by atoms with E-state index in [2.05, 4.69) is 9.97 Å². The van der Waals surface area contributed by atoms with Crippen LogP contribution < -0.4 is 10.3 Å². The average Bonchev–Trinajstić information content (AvgIpc) is 3.37. The first kappa shape index (κ1) is 17.9. The maximum atomic E-state index is 13.2. The number of nitrogens with zero attached hydrogens (tertiary/aromatic N) is 3. The van der Waals surface area contributed by atoms with Crippen LogP contribution in [0.1, 0.15) is 23.6 Å². The molecule has 1 saturated heterocycles. The van der Waals surface area contributed by atoms with Gasteiger partial charge in [0.2, 0.25) is 5.88 Å². The quantitative estimate of drug-likeness (QED) is 0.579. The highest BCUT2D eigenvalue weighted by Crippen LogP contribution is 2.37. The standard InChI is InChI=1S/C22H22N4O3/c1-12-10-23-22(28-3)13(2)17(12)19-18-20(26(25-19)14-8-9-29-11-14)15-6-4-5-7-16(15)24-21(18)27/h4-7,10,14H,8-9,11H2,1-3H3,(H,24,27)/t14-/m0/s1. The van der Waals surface area contributed by atoms with E-state index in [1.807, 2.05) is 42.8 Å². The van der Waals surface area contributed by atoms with E-state index in [0.29, 0.717) is 30.2 Å². The third kappa shape index (κ3) is 2.65. The topological polar surface area (TPSA) is 82.0 Å². The van der Waals surface area contributed by atoms with Crippen molar-refractivity contribution in [3.8, 4) is 17.1 Å². The van der Waals surface area contributed by atoms with E-state index >= 15 is 0 Å². The number of hydrogen-bond acceptors (Lipinski definition) is 5. The summed E-state index contributed by atoms with van der Waals surface area (Å²) in [5.74, 6) is 0.537. The summed E-state index contributed by atoms with van der Waals surface area (Å²) in [4.78, 5) is 20.6. The zero-order valence-electron chi connectivity index (χ0n) is 16.7. The Hall–Kier alpha value is -3.19. The molecule has 29 heavy (non-hydrogen) atoms. The molecule has 0 aliphatic carbocycles. The van der Waals surface area contributed by atoms with Gasteiger partial charge in [0, 0.05) is 29.3 Å². The number of aromatic amines is 1. The summed E-state index contributed by atoms with van der Waals surface area (Å²) in [5.41, 5.74) is 4.88. The molecule has 0 bridgehead atoms. The van der Waals surface area contributed by atoms with Crippen LogP contribution in [-0.4, -0.2) is 40.1 Å². The first-order valence-electron chi connectivity index (χ1n) is 9.71. The van der Waals surface area contributed by atoms with Gasteiger partial charge in [0.1, 0.15) is 5.69 Å². The molecule has 1 atom stereocenters. The Morgan fingerprint density at radius 3 is 2.86 bits per heavy atom. The van der Waals surface area contributed by atoms with E-state index in [0.717, 1.165) is 39.5 Å². The lowest BCUT2D eigenvalue weighted by Crippen LogP contribution is -2.12. The molecule has 7 heteroatoms. The lowest BCUT2D eigenvalue weighted by atomic mass is 9.99. The van der Waals surface area contributed by atoms with Crippen LogP contribution in [0, 0.1) is 13.8 Å². The molecule has 1 aliphatic rings. The minimum atomic E-state index is -0.145. The minimum Gasteiger partial charge on any atom is -0.481 e. The van der Waals surface area contributed by atoms with Crippen molar-refractivity contribution < 1.29 is 9.47 Å². The molecule has 1 fully saturated rings. The highest BCUT2D eigenvalue weighted by molar-refractivity contribution is 6.08. The van der Waals surface area contributed by atoms with Crippen LogP contribution >= 0.6 is 0 Å². The van der Waals surface area contributed by atoms with E-state index in [9.17, 15) is 4.79 Å². The Balaban J connectivity index is 1.94. The Morgan fingerprint density at radius 1 is 1.28 bits per heavy atom. The van der Waals surface area contributed by atoms with E-state index in [1.54, 1.807) is 13.3 Å². The van der Waals surface area contributed by atoms with Gasteiger partial charge in [0.25, 0.3) is 5.56 Å². The summed E-state index contributed by atoms with van der Waals surface area (Å²) in [5, 5.41) is 6.55. The average molecular weight is 390 g/mol. The molecule has 0 unspecified atom stereocenters. The summed E-state index contributed by atoms with van der Waals surface area (Å²) in [6.07, 6.45) is 2.63. The predicted molar refractivity (Wildman–Crippen MR) is 112 cm³/mol. The molecule has 0 radical (unpaired) electrons. The van der Waals surface area contributed by atoms with Crippen molar-refractivity contribution >= 4 is 21.8 Å². The SMILES string of the molecule is COc1ncc(C)c(-c2nn([C@H]3CCOC3)c3c2c(=O)[nH]c2ccccc23)c1C. The maximum Gasteiger partial charge on any atom is 0.260 e. The highest BCUT2D eigenvalue weighted by atomic mass is 16.5. The molecule has 1 aromatic carbocycles.